The van der Waals surface area contributed by atoms with E-state index < -0.39 is 0 Å². The Hall–Kier alpha value is -1.30. The van der Waals surface area contributed by atoms with Crippen molar-refractivity contribution in [1.82, 2.24) is 16.1 Å². The maximum Gasteiger partial charge on any atom is 0.221 e. The van der Waals surface area contributed by atoms with Crippen molar-refractivity contribution in [3.8, 4) is 0 Å². The Balaban J connectivity index is 3.69. The Kier molecular flexibility index (Phi) is 8.46. The number of amides is 1. The van der Waals surface area contributed by atoms with Crippen LogP contribution in [0.2, 0.25) is 0 Å². The number of hydrazine groups is 1. The van der Waals surface area contributed by atoms with Crippen molar-refractivity contribution >= 4 is 11.9 Å². The van der Waals surface area contributed by atoms with E-state index in [1.54, 1.807) is 0 Å². The first kappa shape index (κ1) is 13.7. The molecule has 88 valence electrons. The molecule has 0 radical (unpaired) electrons. The fourth-order valence-electron chi connectivity index (χ4n) is 0.942. The number of hydrogen-bond donors (Lipinski definition) is 4. The number of carbonyl (C=O) groups excluding carboxylic acids is 1. The van der Waals surface area contributed by atoms with Crippen LogP contribution in [0.1, 0.15) is 26.7 Å². The first-order valence-electron chi connectivity index (χ1n) is 5.26. The molecule has 0 aromatic rings. The van der Waals surface area contributed by atoms with Crippen LogP contribution in [0.15, 0.2) is 4.99 Å². The number of nitrogens with one attached hydrogen (secondary N) is 3. The molecule has 0 aromatic carbocycles. The lowest BCUT2D eigenvalue weighted by atomic mass is 10.4. The number of nitrogens with zero attached hydrogens (tertiary/aromatic N) is 1. The smallest absolute Gasteiger partial charge is 0.221 e. The molecule has 0 bridgehead atoms. The largest absolute Gasteiger partial charge is 0.356 e. The van der Waals surface area contributed by atoms with E-state index in [-0.39, 0.29) is 5.91 Å². The van der Waals surface area contributed by atoms with Gasteiger partial charge in [0.25, 0.3) is 0 Å². The molecule has 0 aromatic heterocycles. The van der Waals surface area contributed by atoms with Crippen LogP contribution in [0.5, 0.6) is 0 Å². The lowest BCUT2D eigenvalue weighted by molar-refractivity contribution is -0.120. The average molecular weight is 215 g/mol. The summed E-state index contributed by atoms with van der Waals surface area (Å²) in [5.41, 5.74) is 2.43. The molecular formula is C9H21N5O. The first-order valence-corrected chi connectivity index (χ1v) is 5.26. The van der Waals surface area contributed by atoms with Crippen molar-refractivity contribution in [2.24, 2.45) is 10.8 Å². The highest BCUT2D eigenvalue weighted by Gasteiger charge is 1.99. The molecule has 0 aliphatic heterocycles. The summed E-state index contributed by atoms with van der Waals surface area (Å²) in [4.78, 5) is 15.3. The van der Waals surface area contributed by atoms with Crippen molar-refractivity contribution in [2.45, 2.75) is 26.7 Å². The summed E-state index contributed by atoms with van der Waals surface area (Å²) in [6.07, 6.45) is 1.33. The lowest BCUT2D eigenvalue weighted by Crippen LogP contribution is -2.41. The highest BCUT2D eigenvalue weighted by atomic mass is 16.1. The van der Waals surface area contributed by atoms with Crippen molar-refractivity contribution in [1.29, 1.82) is 0 Å². The van der Waals surface area contributed by atoms with Crippen molar-refractivity contribution in [3.05, 3.63) is 0 Å². The van der Waals surface area contributed by atoms with Gasteiger partial charge < -0.3 is 10.6 Å². The zero-order valence-corrected chi connectivity index (χ0v) is 9.47. The number of rotatable bonds is 6. The molecule has 5 N–H and O–H groups in total. The Morgan fingerprint density at radius 3 is 2.60 bits per heavy atom. The number of guanidine groups is 1. The zero-order chi connectivity index (χ0) is 11.5. The molecule has 6 nitrogen and oxygen atoms in total. The predicted molar refractivity (Wildman–Crippen MR) is 61.2 cm³/mol. The van der Waals surface area contributed by atoms with E-state index in [9.17, 15) is 4.79 Å². The molecule has 0 atom stereocenters. The maximum absolute atomic E-state index is 11.2. The molecule has 15 heavy (non-hydrogen) atoms. The van der Waals surface area contributed by atoms with Crippen molar-refractivity contribution < 1.29 is 4.79 Å². The number of carbonyl (C=O) groups is 1. The van der Waals surface area contributed by atoms with Crippen LogP contribution in [-0.2, 0) is 4.79 Å². The van der Waals surface area contributed by atoms with Gasteiger partial charge in [0.05, 0.1) is 6.54 Å². The topological polar surface area (TPSA) is 91.5 Å². The molecule has 6 heteroatoms. The van der Waals surface area contributed by atoms with Gasteiger partial charge in [-0.1, -0.05) is 6.92 Å². The van der Waals surface area contributed by atoms with E-state index >= 15 is 0 Å². The van der Waals surface area contributed by atoms with Crippen LogP contribution in [0.4, 0.5) is 0 Å². The molecular weight excluding hydrogens is 194 g/mol. The summed E-state index contributed by atoms with van der Waals surface area (Å²) < 4.78 is 0. The average Bonchev–Trinajstić information content (AvgIpc) is 2.25. The van der Waals surface area contributed by atoms with Crippen LogP contribution in [0, 0.1) is 0 Å². The molecule has 0 spiro atoms. The van der Waals surface area contributed by atoms with Gasteiger partial charge in [-0.2, -0.15) is 0 Å². The van der Waals surface area contributed by atoms with Gasteiger partial charge in [-0.05, 0) is 13.3 Å². The Morgan fingerprint density at radius 1 is 1.33 bits per heavy atom. The molecule has 0 fully saturated rings. The van der Waals surface area contributed by atoms with Crippen LogP contribution in [0.3, 0.4) is 0 Å². The number of nitrogens with two attached hydrogens (primary N) is 1. The third-order valence-electron chi connectivity index (χ3n) is 1.66. The summed E-state index contributed by atoms with van der Waals surface area (Å²) in [5, 5.41) is 5.71. The fraction of sp³-hybridized carbons (Fsp3) is 0.778. The van der Waals surface area contributed by atoms with Gasteiger partial charge in [0, 0.05) is 19.5 Å². The van der Waals surface area contributed by atoms with Crippen LogP contribution >= 0.6 is 0 Å². The lowest BCUT2D eigenvalue weighted by Gasteiger charge is -2.06. The molecule has 0 aliphatic rings. The molecule has 0 unspecified atom stereocenters. The summed E-state index contributed by atoms with van der Waals surface area (Å²) in [5.74, 6) is 5.75. The van der Waals surface area contributed by atoms with Gasteiger partial charge in [0.15, 0.2) is 0 Å². The second-order valence-electron chi connectivity index (χ2n) is 3.00. The number of hydrogen-bond acceptors (Lipinski definition) is 3. The second kappa shape index (κ2) is 9.26. The minimum Gasteiger partial charge on any atom is -0.356 e. The highest BCUT2D eigenvalue weighted by Crippen LogP contribution is 1.83. The van der Waals surface area contributed by atoms with Gasteiger partial charge in [0.2, 0.25) is 11.9 Å². The van der Waals surface area contributed by atoms with Gasteiger partial charge in [0.1, 0.15) is 0 Å². The highest BCUT2D eigenvalue weighted by molar-refractivity contribution is 5.80. The Morgan fingerprint density at radius 2 is 2.07 bits per heavy atom. The summed E-state index contributed by atoms with van der Waals surface area (Å²) in [6, 6.07) is 0. The third kappa shape index (κ3) is 7.75. The maximum atomic E-state index is 11.2. The predicted octanol–water partition coefficient (Wildman–Crippen LogP) is -0.668. The third-order valence-corrected chi connectivity index (χ3v) is 1.66. The van der Waals surface area contributed by atoms with E-state index in [0.717, 1.165) is 19.5 Å². The monoisotopic (exact) mass is 215 g/mol. The number of aliphatic imine (C=N–C) groups is 1. The minimum atomic E-state index is 0.0217. The van der Waals surface area contributed by atoms with E-state index in [0.29, 0.717) is 18.9 Å². The van der Waals surface area contributed by atoms with Gasteiger partial charge in [-0.3, -0.25) is 15.2 Å². The van der Waals surface area contributed by atoms with Crippen LogP contribution in [0.25, 0.3) is 0 Å². The van der Waals surface area contributed by atoms with E-state index in [1.165, 1.54) is 0 Å². The van der Waals surface area contributed by atoms with Crippen molar-refractivity contribution in [3.63, 3.8) is 0 Å². The molecule has 0 saturated carbocycles. The Labute approximate surface area is 90.7 Å². The standard InChI is InChI=1S/C9H21N5O/c1-3-6-12-8(15)5-7-13-9(14-10)11-4-2/h3-7,10H2,1-2H3,(H,12,15)(H2,11,13,14). The van der Waals surface area contributed by atoms with Gasteiger partial charge in [-0.15, -0.1) is 0 Å². The molecule has 0 aliphatic carbocycles. The van der Waals surface area contributed by atoms with E-state index in [1.807, 2.05) is 13.8 Å². The normalized spacial score (nSPS) is 11.0. The van der Waals surface area contributed by atoms with Crippen molar-refractivity contribution in [2.75, 3.05) is 19.6 Å². The summed E-state index contributed by atoms with van der Waals surface area (Å²) in [6.45, 7) is 5.85. The zero-order valence-electron chi connectivity index (χ0n) is 9.47. The summed E-state index contributed by atoms with van der Waals surface area (Å²) in [7, 11) is 0. The Bertz CT molecular complexity index is 205. The molecule has 0 heterocycles. The van der Waals surface area contributed by atoms with Gasteiger partial charge >= 0.3 is 0 Å². The van der Waals surface area contributed by atoms with E-state index in [2.05, 4.69) is 21.1 Å². The van der Waals surface area contributed by atoms with Gasteiger partial charge in [-0.25, -0.2) is 5.84 Å². The second-order valence-corrected chi connectivity index (χ2v) is 3.00. The van der Waals surface area contributed by atoms with E-state index in [4.69, 9.17) is 5.84 Å². The quantitative estimate of drug-likeness (QED) is 0.205. The summed E-state index contributed by atoms with van der Waals surface area (Å²) >= 11 is 0. The SMILES string of the molecule is CCCNC(=O)CCN=C(NN)NCC. The van der Waals surface area contributed by atoms with Crippen LogP contribution < -0.4 is 21.9 Å². The molecule has 1 amide bonds. The molecule has 0 rings (SSSR count). The minimum absolute atomic E-state index is 0.0217. The fourth-order valence-corrected chi connectivity index (χ4v) is 0.942. The first-order chi connectivity index (χ1) is 7.24. The molecule has 0 saturated heterocycles. The van der Waals surface area contributed by atoms with Crippen LogP contribution in [-0.4, -0.2) is 31.5 Å².